The van der Waals surface area contributed by atoms with Crippen molar-refractivity contribution in [3.8, 4) is 23.5 Å². The molecule has 10 heteroatoms. The third-order valence-corrected chi connectivity index (χ3v) is 6.54. The summed E-state index contributed by atoms with van der Waals surface area (Å²) in [6.07, 6.45) is -3.84. The van der Waals surface area contributed by atoms with Gasteiger partial charge in [0.1, 0.15) is 11.2 Å². The van der Waals surface area contributed by atoms with Gasteiger partial charge in [-0.1, -0.05) is 15.9 Å². The number of aromatic hydroxyl groups is 2. The summed E-state index contributed by atoms with van der Waals surface area (Å²) < 4.78 is 47.5. The maximum Gasteiger partial charge on any atom is 0.417 e. The molecule has 1 aromatic heterocycles. The van der Waals surface area contributed by atoms with E-state index >= 15 is 0 Å². The number of rotatable bonds is 4. The van der Waals surface area contributed by atoms with Crippen molar-refractivity contribution in [3.05, 3.63) is 40.5 Å². The Kier molecular flexibility index (Phi) is 5.07. The summed E-state index contributed by atoms with van der Waals surface area (Å²) in [5.74, 6) is -0.724. The average Bonchev–Trinajstić information content (AvgIpc) is 3.05. The normalized spacial score (nSPS) is 25.5. The Bertz CT molecular complexity index is 1050. The van der Waals surface area contributed by atoms with E-state index < -0.39 is 28.5 Å². The molecule has 3 heterocycles. The number of benzene rings is 1. The molecular formula is C21H21BrF3N3O3. The van der Waals surface area contributed by atoms with E-state index in [1.54, 1.807) is 13.8 Å². The van der Waals surface area contributed by atoms with Crippen LogP contribution in [0.15, 0.2) is 18.2 Å². The second-order valence-corrected chi connectivity index (χ2v) is 9.18. The lowest BCUT2D eigenvalue weighted by Gasteiger charge is -2.43. The largest absolute Gasteiger partial charge is 0.494 e. The highest BCUT2D eigenvalue weighted by atomic mass is 79.9. The number of hydrogen-bond acceptors (Lipinski definition) is 5. The molecular weight excluding hydrogens is 479 g/mol. The number of morpholine rings is 1. The van der Waals surface area contributed by atoms with Crippen LogP contribution in [-0.4, -0.2) is 44.6 Å². The highest BCUT2D eigenvalue weighted by Crippen LogP contribution is 2.59. The van der Waals surface area contributed by atoms with Crippen molar-refractivity contribution in [1.29, 1.82) is 5.26 Å². The molecule has 0 aliphatic carbocycles. The molecule has 166 valence electrons. The lowest BCUT2D eigenvalue weighted by Crippen LogP contribution is -2.51. The van der Waals surface area contributed by atoms with Gasteiger partial charge in [-0.25, -0.2) is 0 Å². The molecule has 2 bridgehead atoms. The van der Waals surface area contributed by atoms with Crippen LogP contribution in [0.4, 0.5) is 13.2 Å². The Morgan fingerprint density at radius 2 is 1.74 bits per heavy atom. The summed E-state index contributed by atoms with van der Waals surface area (Å²) in [6, 6.07) is 4.60. The van der Waals surface area contributed by atoms with Gasteiger partial charge in [0.25, 0.3) is 0 Å². The van der Waals surface area contributed by atoms with E-state index in [1.807, 2.05) is 0 Å². The fourth-order valence-corrected chi connectivity index (χ4v) is 5.22. The van der Waals surface area contributed by atoms with E-state index in [4.69, 9.17) is 10.00 Å². The highest BCUT2D eigenvalue weighted by molar-refractivity contribution is 9.09. The fourth-order valence-electron chi connectivity index (χ4n) is 4.97. The predicted octanol–water partition coefficient (Wildman–Crippen LogP) is 4.34. The first-order valence-corrected chi connectivity index (χ1v) is 10.8. The van der Waals surface area contributed by atoms with Gasteiger partial charge in [0.2, 0.25) is 11.8 Å². The van der Waals surface area contributed by atoms with Crippen LogP contribution in [0.5, 0.6) is 11.8 Å². The van der Waals surface area contributed by atoms with Crippen LogP contribution in [-0.2, 0) is 22.1 Å². The molecule has 4 rings (SSSR count). The molecule has 1 aromatic carbocycles. The third-order valence-electron chi connectivity index (χ3n) is 5.97. The molecule has 2 aromatic rings. The number of fused-ring (bicyclic) bond motifs is 5. The molecule has 31 heavy (non-hydrogen) atoms. The predicted molar refractivity (Wildman–Crippen MR) is 109 cm³/mol. The minimum Gasteiger partial charge on any atom is -0.494 e. The van der Waals surface area contributed by atoms with Crippen molar-refractivity contribution in [2.75, 3.05) is 25.0 Å². The number of halogens is 4. The van der Waals surface area contributed by atoms with Crippen LogP contribution in [0.1, 0.15) is 42.5 Å². The summed E-state index contributed by atoms with van der Waals surface area (Å²) in [6.45, 7) is 5.36. The summed E-state index contributed by atoms with van der Waals surface area (Å²) in [7, 11) is 0. The summed E-state index contributed by atoms with van der Waals surface area (Å²) in [5, 5.41) is 32.0. The van der Waals surface area contributed by atoms with Gasteiger partial charge >= 0.3 is 6.18 Å². The smallest absolute Gasteiger partial charge is 0.417 e. The topological polar surface area (TPSA) is 81.7 Å². The van der Waals surface area contributed by atoms with E-state index in [-0.39, 0.29) is 17.4 Å². The zero-order valence-corrected chi connectivity index (χ0v) is 18.5. The lowest BCUT2D eigenvalue weighted by atomic mass is 9.94. The van der Waals surface area contributed by atoms with Gasteiger partial charge in [0, 0.05) is 18.4 Å². The Balaban J connectivity index is 1.86. The van der Waals surface area contributed by atoms with Gasteiger partial charge in [-0.2, -0.15) is 18.4 Å². The number of nitriles is 1. The number of aromatic nitrogens is 1. The van der Waals surface area contributed by atoms with E-state index in [1.165, 1.54) is 12.1 Å². The SMILES string of the molecule is C[C@]12CN(CCCBr)C[C@](C)(O1)c1c2c(O)n(-c2ccc(C#N)c(C(F)(F)F)c2)c1O. The standard InChI is InChI=1S/C21H21BrF3N3O3/c1-19-10-27(7-3-6-22)11-20(2,31-19)16-15(19)17(29)28(18(16)30)13-5-4-12(9-26)14(8-13)21(23,24)25/h4-5,8,29-30H,3,6-7,10-11H2,1-2H3/t19-,20+. The number of nitrogens with zero attached hydrogens (tertiary/aromatic N) is 3. The van der Waals surface area contributed by atoms with Crippen molar-refractivity contribution >= 4 is 15.9 Å². The van der Waals surface area contributed by atoms with E-state index in [0.29, 0.717) is 24.2 Å². The van der Waals surface area contributed by atoms with Gasteiger partial charge in [-0.15, -0.1) is 0 Å². The monoisotopic (exact) mass is 499 g/mol. The van der Waals surface area contributed by atoms with E-state index in [2.05, 4.69) is 20.8 Å². The number of hydrogen-bond donors (Lipinski definition) is 2. The Labute approximate surface area is 185 Å². The maximum absolute atomic E-state index is 13.4. The van der Waals surface area contributed by atoms with Gasteiger partial charge in [-0.3, -0.25) is 9.47 Å². The fraction of sp³-hybridized carbons (Fsp3) is 0.476. The zero-order valence-electron chi connectivity index (χ0n) is 16.9. The van der Waals surface area contributed by atoms with E-state index in [0.717, 1.165) is 35.0 Å². The Morgan fingerprint density at radius 1 is 1.16 bits per heavy atom. The van der Waals surface area contributed by atoms with Crippen LogP contribution < -0.4 is 0 Å². The molecule has 2 aliphatic heterocycles. The molecule has 1 fully saturated rings. The molecule has 2 atom stereocenters. The minimum atomic E-state index is -4.75. The van der Waals surface area contributed by atoms with Gasteiger partial charge in [0.15, 0.2) is 0 Å². The first-order valence-electron chi connectivity index (χ1n) is 9.73. The molecule has 6 nitrogen and oxygen atoms in total. The maximum atomic E-state index is 13.4. The van der Waals surface area contributed by atoms with Crippen LogP contribution in [0, 0.1) is 11.3 Å². The van der Waals surface area contributed by atoms with E-state index in [9.17, 15) is 23.4 Å². The molecule has 1 saturated heterocycles. The summed E-state index contributed by atoms with van der Waals surface area (Å²) >= 11 is 3.42. The Hall–Kier alpha value is -2.22. The number of ether oxygens (including phenoxy) is 1. The van der Waals surface area contributed by atoms with Gasteiger partial charge < -0.3 is 14.9 Å². The molecule has 2 N–H and O–H groups in total. The summed E-state index contributed by atoms with van der Waals surface area (Å²) in [4.78, 5) is 2.19. The highest BCUT2D eigenvalue weighted by Gasteiger charge is 2.58. The van der Waals surface area contributed by atoms with Gasteiger partial charge in [0.05, 0.1) is 34.0 Å². The molecule has 2 aliphatic rings. The second-order valence-electron chi connectivity index (χ2n) is 8.39. The first kappa shape index (κ1) is 22.0. The van der Waals surface area contributed by atoms with Crippen LogP contribution >= 0.6 is 15.9 Å². The molecule has 0 saturated carbocycles. The third kappa shape index (κ3) is 3.30. The van der Waals surface area contributed by atoms with Crippen molar-refractivity contribution in [2.45, 2.75) is 37.6 Å². The minimum absolute atomic E-state index is 0.0860. The van der Waals surface area contributed by atoms with Crippen molar-refractivity contribution in [1.82, 2.24) is 9.47 Å². The summed E-state index contributed by atoms with van der Waals surface area (Å²) in [5.41, 5.74) is -2.84. The second kappa shape index (κ2) is 7.15. The quantitative estimate of drug-likeness (QED) is 0.611. The lowest BCUT2D eigenvalue weighted by molar-refractivity contribution is -0.186. The van der Waals surface area contributed by atoms with Crippen LogP contribution in [0.2, 0.25) is 0 Å². The van der Waals surface area contributed by atoms with Crippen LogP contribution in [0.3, 0.4) is 0 Å². The Morgan fingerprint density at radius 3 is 2.23 bits per heavy atom. The molecule has 0 radical (unpaired) electrons. The first-order chi connectivity index (χ1) is 14.4. The van der Waals surface area contributed by atoms with Gasteiger partial charge in [-0.05, 0) is 45.0 Å². The zero-order chi connectivity index (χ0) is 22.8. The average molecular weight is 500 g/mol. The molecule has 0 unspecified atom stereocenters. The molecule has 0 spiro atoms. The van der Waals surface area contributed by atoms with Crippen molar-refractivity contribution in [2.24, 2.45) is 0 Å². The molecule has 0 amide bonds. The van der Waals surface area contributed by atoms with Crippen molar-refractivity contribution < 1.29 is 28.1 Å². The number of alkyl halides is 4. The van der Waals surface area contributed by atoms with Crippen molar-refractivity contribution in [3.63, 3.8) is 0 Å². The van der Waals surface area contributed by atoms with Crippen LogP contribution in [0.25, 0.3) is 5.69 Å².